The van der Waals surface area contributed by atoms with Crippen molar-refractivity contribution in [2.45, 2.75) is 111 Å². The van der Waals surface area contributed by atoms with Crippen LogP contribution in [0.4, 0.5) is 0 Å². The highest BCUT2D eigenvalue weighted by Gasteiger charge is 2.48. The van der Waals surface area contributed by atoms with Gasteiger partial charge in [0, 0.05) is 5.56 Å². The molecule has 1 atom stereocenters. The Bertz CT molecular complexity index is 1040. The fourth-order valence-corrected chi connectivity index (χ4v) is 11.1. The first-order valence-electron chi connectivity index (χ1n) is 13.7. The minimum absolute atomic E-state index is 0.359. The van der Waals surface area contributed by atoms with Crippen LogP contribution in [0.5, 0.6) is 11.5 Å². The van der Waals surface area contributed by atoms with E-state index < -0.39 is 20.2 Å². The topological polar surface area (TPSA) is 65.0 Å². The molecule has 5 nitrogen and oxygen atoms in total. The van der Waals surface area contributed by atoms with E-state index in [9.17, 15) is 10.1 Å². The summed E-state index contributed by atoms with van der Waals surface area (Å²) in [6.45, 7) is 24.3. The van der Waals surface area contributed by atoms with Gasteiger partial charge in [0.2, 0.25) is 0 Å². The molecule has 2 rings (SSSR count). The first kappa shape index (κ1) is 30.9. The largest absolute Gasteiger partial charge is 0.542 e. The summed E-state index contributed by atoms with van der Waals surface area (Å²) in [4.78, 5) is 17.6. The third-order valence-corrected chi connectivity index (χ3v) is 13.9. The van der Waals surface area contributed by atoms with Crippen LogP contribution in [0.2, 0.25) is 16.6 Å². The Morgan fingerprint density at radius 1 is 0.919 bits per heavy atom. The highest BCUT2D eigenvalue weighted by atomic mass is 28.4. The first-order valence-corrected chi connectivity index (χ1v) is 15.9. The molecule has 2 aromatic carbocycles. The summed E-state index contributed by atoms with van der Waals surface area (Å²) < 4.78 is 13.2. The maximum atomic E-state index is 13.2. The monoisotopic (exact) mass is 528 g/mol. The van der Waals surface area contributed by atoms with Gasteiger partial charge >= 0.3 is 5.97 Å². The second kappa shape index (κ2) is 13.0. The highest BCUT2D eigenvalue weighted by Crippen LogP contribution is 2.47. The van der Waals surface area contributed by atoms with E-state index in [2.05, 4.69) is 72.4 Å². The molecule has 0 saturated heterocycles. The zero-order chi connectivity index (χ0) is 28.1. The van der Waals surface area contributed by atoms with Crippen molar-refractivity contribution in [2.75, 3.05) is 6.61 Å². The third kappa shape index (κ3) is 6.58. The summed E-state index contributed by atoms with van der Waals surface area (Å²) >= 11 is 0. The van der Waals surface area contributed by atoms with Gasteiger partial charge in [-0.25, -0.2) is 4.79 Å². The van der Waals surface area contributed by atoms with Crippen LogP contribution in [-0.2, 0) is 16.1 Å². The van der Waals surface area contributed by atoms with Crippen molar-refractivity contribution in [3.63, 3.8) is 0 Å². The average Bonchev–Trinajstić information content (AvgIpc) is 2.84. The Balaban J connectivity index is 2.82. The van der Waals surface area contributed by atoms with Crippen molar-refractivity contribution in [3.8, 4) is 11.5 Å². The molecule has 0 aliphatic rings. The van der Waals surface area contributed by atoms with E-state index in [0.717, 1.165) is 28.2 Å². The Morgan fingerprint density at radius 3 is 2.00 bits per heavy atom. The molecule has 0 saturated carbocycles. The van der Waals surface area contributed by atoms with Crippen molar-refractivity contribution < 1.29 is 24.1 Å². The number of rotatable bonds is 12. The van der Waals surface area contributed by atoms with E-state index in [0.29, 0.717) is 41.1 Å². The van der Waals surface area contributed by atoms with Crippen LogP contribution >= 0.6 is 0 Å². The molecule has 0 amide bonds. The van der Waals surface area contributed by atoms with Gasteiger partial charge in [0.1, 0.15) is 11.5 Å². The molecule has 0 aromatic heterocycles. The lowest BCUT2D eigenvalue weighted by Crippen LogP contribution is -2.51. The summed E-state index contributed by atoms with van der Waals surface area (Å²) in [5, 5.41) is 9.56. The van der Waals surface area contributed by atoms with Crippen LogP contribution in [-0.4, -0.2) is 26.2 Å². The quantitative estimate of drug-likeness (QED) is 0.169. The minimum Gasteiger partial charge on any atom is -0.542 e. The van der Waals surface area contributed by atoms with Crippen LogP contribution in [0.3, 0.4) is 0 Å². The maximum absolute atomic E-state index is 13.2. The summed E-state index contributed by atoms with van der Waals surface area (Å²) in [5.41, 5.74) is 5.95. The van der Waals surface area contributed by atoms with E-state index in [1.165, 1.54) is 5.56 Å². The van der Waals surface area contributed by atoms with Gasteiger partial charge in [-0.2, -0.15) is 5.26 Å². The second-order valence-corrected chi connectivity index (χ2v) is 16.8. The molecule has 6 heteroatoms. The van der Waals surface area contributed by atoms with Crippen LogP contribution < -0.4 is 9.16 Å². The molecule has 0 aliphatic carbocycles. The van der Waals surface area contributed by atoms with E-state index in [1.54, 1.807) is 0 Å². The number of ether oxygens (including phenoxy) is 1. The molecule has 0 bridgehead atoms. The molecule has 206 valence electrons. The molecule has 1 unspecified atom stereocenters. The van der Waals surface area contributed by atoms with Gasteiger partial charge in [-0.05, 0) is 78.1 Å². The maximum Gasteiger partial charge on any atom is 0.349 e. The third-order valence-electron chi connectivity index (χ3n) is 7.91. The predicted octanol–water partition coefficient (Wildman–Crippen LogP) is 8.72. The number of benzene rings is 2. The average molecular weight is 529 g/mol. The SMILES string of the molecule is CCOc1cc(C(Cc2cccc(C(C)C)c2)C(=O)OO)c(O[Si](C(C)C)(C(C)C)C(C)C)c(C)c1C. The smallest absolute Gasteiger partial charge is 0.349 e. The zero-order valence-electron chi connectivity index (χ0n) is 24.8. The Morgan fingerprint density at radius 2 is 1.51 bits per heavy atom. The van der Waals surface area contributed by atoms with E-state index in [4.69, 9.17) is 9.16 Å². The van der Waals surface area contributed by atoms with Gasteiger partial charge in [-0.1, -0.05) is 79.7 Å². The summed E-state index contributed by atoms with van der Waals surface area (Å²) in [6.07, 6.45) is 0.379. The van der Waals surface area contributed by atoms with Gasteiger partial charge < -0.3 is 14.1 Å². The van der Waals surface area contributed by atoms with Crippen LogP contribution in [0.1, 0.15) is 102 Å². The molecular formula is C31H48O5Si. The summed E-state index contributed by atoms with van der Waals surface area (Å²) in [6, 6.07) is 10.2. The molecular weight excluding hydrogens is 480 g/mol. The fraction of sp³-hybridized carbons (Fsp3) is 0.581. The predicted molar refractivity (Wildman–Crippen MR) is 154 cm³/mol. The van der Waals surface area contributed by atoms with E-state index >= 15 is 0 Å². The van der Waals surface area contributed by atoms with Crippen molar-refractivity contribution in [3.05, 3.63) is 58.1 Å². The minimum atomic E-state index is -2.35. The van der Waals surface area contributed by atoms with Gasteiger partial charge in [0.05, 0.1) is 12.5 Å². The molecule has 0 radical (unpaired) electrons. The molecule has 0 fully saturated rings. The van der Waals surface area contributed by atoms with Crippen molar-refractivity contribution in [1.82, 2.24) is 0 Å². The zero-order valence-corrected chi connectivity index (χ0v) is 25.8. The van der Waals surface area contributed by atoms with E-state index in [-0.39, 0.29) is 0 Å². The lowest BCUT2D eigenvalue weighted by Gasteiger charge is -2.43. The first-order chi connectivity index (χ1) is 17.3. The molecule has 2 aromatic rings. The molecule has 37 heavy (non-hydrogen) atoms. The Hall–Kier alpha value is -2.31. The van der Waals surface area contributed by atoms with Gasteiger partial charge in [0.25, 0.3) is 8.32 Å². The Kier molecular flexibility index (Phi) is 10.8. The molecule has 0 aliphatic heterocycles. The van der Waals surface area contributed by atoms with Gasteiger partial charge in [-0.15, -0.1) is 0 Å². The number of hydrogen-bond donors (Lipinski definition) is 1. The number of carbonyl (C=O) groups is 1. The highest BCUT2D eigenvalue weighted by molar-refractivity contribution is 6.78. The fourth-order valence-electron chi connectivity index (χ4n) is 5.82. The van der Waals surface area contributed by atoms with Crippen molar-refractivity contribution in [1.29, 1.82) is 0 Å². The summed E-state index contributed by atoms with van der Waals surface area (Å²) in [5.74, 6) is 0.373. The van der Waals surface area contributed by atoms with Crippen LogP contribution in [0.25, 0.3) is 0 Å². The molecule has 0 spiro atoms. The molecule has 0 heterocycles. The normalized spacial score (nSPS) is 13.0. The lowest BCUT2D eigenvalue weighted by atomic mass is 9.87. The standard InChI is InChI=1S/C31H48O5Si/c1-12-34-29-18-27(28(31(32)35-33)17-25-14-13-15-26(16-25)19(2)3)30(24(11)23(29)10)36-37(20(4)5,21(6)7)22(8)9/h13-16,18-22,28,33H,12,17H2,1-11H3. The van der Waals surface area contributed by atoms with Crippen molar-refractivity contribution >= 4 is 14.3 Å². The van der Waals surface area contributed by atoms with E-state index in [1.807, 2.05) is 39.0 Å². The Labute approximate surface area is 225 Å². The lowest BCUT2D eigenvalue weighted by molar-refractivity contribution is -0.236. The number of hydrogen-bond acceptors (Lipinski definition) is 5. The van der Waals surface area contributed by atoms with Crippen LogP contribution in [0, 0.1) is 13.8 Å². The van der Waals surface area contributed by atoms with Gasteiger partial charge in [0.15, 0.2) is 0 Å². The van der Waals surface area contributed by atoms with Crippen molar-refractivity contribution in [2.24, 2.45) is 0 Å². The number of carbonyl (C=O) groups excluding carboxylic acids is 1. The molecule has 1 N–H and O–H groups in total. The van der Waals surface area contributed by atoms with Gasteiger partial charge in [-0.3, -0.25) is 0 Å². The second-order valence-electron chi connectivity index (χ2n) is 11.5. The summed E-state index contributed by atoms with van der Waals surface area (Å²) in [7, 11) is -2.35. The van der Waals surface area contributed by atoms with Crippen LogP contribution in [0.15, 0.2) is 30.3 Å².